The predicted octanol–water partition coefficient (Wildman–Crippen LogP) is 4.56. The van der Waals surface area contributed by atoms with Gasteiger partial charge in [-0.05, 0) is 65.7 Å². The molecule has 0 aliphatic heterocycles. The van der Waals surface area contributed by atoms with Crippen LogP contribution in [-0.2, 0) is 0 Å². The second-order valence-corrected chi connectivity index (χ2v) is 7.03. The summed E-state index contributed by atoms with van der Waals surface area (Å²) in [6, 6.07) is 4.95. The Bertz CT molecular complexity index is 456. The fraction of sp³-hybridized carbons (Fsp3) is 0.588. The number of halogens is 1. The summed E-state index contributed by atoms with van der Waals surface area (Å²) < 4.78 is 1.05. The summed E-state index contributed by atoms with van der Waals surface area (Å²) in [6.07, 6.45) is 13.8. The minimum absolute atomic E-state index is 0.764. The monoisotopic (exact) mass is 334 g/mol. The zero-order chi connectivity index (χ0) is 13.8. The van der Waals surface area contributed by atoms with Gasteiger partial charge >= 0.3 is 0 Å². The van der Waals surface area contributed by atoms with Gasteiger partial charge in [-0.1, -0.05) is 24.8 Å². The first-order valence-electron chi connectivity index (χ1n) is 7.86. The quantitative estimate of drug-likeness (QED) is 0.853. The first-order valence-corrected chi connectivity index (χ1v) is 8.66. The van der Waals surface area contributed by atoms with Crippen LogP contribution in [0.15, 0.2) is 28.4 Å². The van der Waals surface area contributed by atoms with Crippen LogP contribution in [0.2, 0.25) is 0 Å². The molecule has 1 heterocycles. The summed E-state index contributed by atoms with van der Waals surface area (Å²) in [6.45, 7) is 1.05. The Morgan fingerprint density at radius 1 is 1.20 bits per heavy atom. The Morgan fingerprint density at radius 2 is 2.00 bits per heavy atom. The molecule has 0 spiro atoms. The third kappa shape index (κ3) is 4.16. The molecular formula is C17H23BrN2. The number of hydrogen-bond donors (Lipinski definition) is 1. The molecule has 2 aliphatic carbocycles. The minimum Gasteiger partial charge on any atom is -0.310 e. The van der Waals surface area contributed by atoms with Crippen LogP contribution in [0.5, 0.6) is 0 Å². The summed E-state index contributed by atoms with van der Waals surface area (Å²) in [4.78, 5) is 4.50. The molecule has 0 saturated heterocycles. The fourth-order valence-corrected chi connectivity index (χ4v) is 3.23. The van der Waals surface area contributed by atoms with Crippen molar-refractivity contribution >= 4 is 22.0 Å². The zero-order valence-corrected chi connectivity index (χ0v) is 13.5. The lowest BCUT2D eigenvalue weighted by Gasteiger charge is -2.25. The van der Waals surface area contributed by atoms with Crippen molar-refractivity contribution in [1.82, 2.24) is 10.3 Å². The molecule has 2 saturated carbocycles. The number of nitrogens with zero attached hydrogens (tertiary/aromatic N) is 1. The molecule has 1 aromatic heterocycles. The van der Waals surface area contributed by atoms with Crippen LogP contribution in [0.1, 0.15) is 50.6 Å². The van der Waals surface area contributed by atoms with E-state index in [1.54, 1.807) is 5.57 Å². The van der Waals surface area contributed by atoms with Gasteiger partial charge in [0.2, 0.25) is 0 Å². The van der Waals surface area contributed by atoms with Gasteiger partial charge in [0.05, 0.1) is 5.69 Å². The van der Waals surface area contributed by atoms with Gasteiger partial charge in [0.1, 0.15) is 0 Å². The second-order valence-electron chi connectivity index (χ2n) is 6.11. The average molecular weight is 335 g/mol. The third-order valence-electron chi connectivity index (χ3n) is 4.39. The molecule has 108 valence electrons. The third-order valence-corrected chi connectivity index (χ3v) is 4.85. The number of pyridine rings is 1. The van der Waals surface area contributed by atoms with Gasteiger partial charge in [-0.2, -0.15) is 0 Å². The summed E-state index contributed by atoms with van der Waals surface area (Å²) >= 11 is 3.45. The van der Waals surface area contributed by atoms with E-state index >= 15 is 0 Å². The van der Waals surface area contributed by atoms with Gasteiger partial charge in [0.15, 0.2) is 0 Å². The van der Waals surface area contributed by atoms with Gasteiger partial charge < -0.3 is 5.32 Å². The van der Waals surface area contributed by atoms with Gasteiger partial charge in [0.25, 0.3) is 0 Å². The topological polar surface area (TPSA) is 24.9 Å². The van der Waals surface area contributed by atoms with Crippen LogP contribution in [0.4, 0.5) is 0 Å². The van der Waals surface area contributed by atoms with E-state index in [0.717, 1.165) is 28.7 Å². The summed E-state index contributed by atoms with van der Waals surface area (Å²) in [5.41, 5.74) is 2.65. The molecule has 0 bridgehead atoms. The van der Waals surface area contributed by atoms with E-state index in [1.165, 1.54) is 44.9 Å². The average Bonchev–Trinajstić information content (AvgIpc) is 3.31. The molecule has 1 N–H and O–H groups in total. The molecule has 20 heavy (non-hydrogen) atoms. The molecule has 0 unspecified atom stereocenters. The van der Waals surface area contributed by atoms with Crippen LogP contribution in [0.25, 0.3) is 6.08 Å². The van der Waals surface area contributed by atoms with Gasteiger partial charge in [-0.15, -0.1) is 0 Å². The fourth-order valence-electron chi connectivity index (χ4n) is 3.00. The molecule has 1 aromatic rings. The van der Waals surface area contributed by atoms with E-state index in [1.807, 2.05) is 6.20 Å². The molecule has 0 radical (unpaired) electrons. The second kappa shape index (κ2) is 6.86. The van der Waals surface area contributed by atoms with E-state index in [0.29, 0.717) is 0 Å². The smallest absolute Gasteiger partial charge is 0.0630 e. The predicted molar refractivity (Wildman–Crippen MR) is 87.5 cm³/mol. The van der Waals surface area contributed by atoms with Crippen LogP contribution in [0.3, 0.4) is 0 Å². The van der Waals surface area contributed by atoms with Crippen molar-refractivity contribution < 1.29 is 0 Å². The van der Waals surface area contributed by atoms with Crippen molar-refractivity contribution in [3.8, 4) is 0 Å². The highest BCUT2D eigenvalue weighted by Crippen LogP contribution is 2.31. The van der Waals surface area contributed by atoms with Crippen molar-refractivity contribution in [2.24, 2.45) is 5.92 Å². The molecule has 3 heteroatoms. The van der Waals surface area contributed by atoms with Crippen molar-refractivity contribution in [1.29, 1.82) is 0 Å². The van der Waals surface area contributed by atoms with Gasteiger partial charge in [0, 0.05) is 23.3 Å². The molecule has 2 fully saturated rings. The van der Waals surface area contributed by atoms with Crippen LogP contribution < -0.4 is 5.32 Å². The van der Waals surface area contributed by atoms with Crippen molar-refractivity contribution in [3.05, 3.63) is 34.1 Å². The Kier molecular flexibility index (Phi) is 4.90. The Hall–Kier alpha value is -0.670. The molecule has 0 aromatic carbocycles. The Morgan fingerprint density at radius 3 is 2.65 bits per heavy atom. The lowest BCUT2D eigenvalue weighted by atomic mass is 9.83. The molecule has 2 aliphatic rings. The summed E-state index contributed by atoms with van der Waals surface area (Å²) in [5, 5.41) is 3.68. The van der Waals surface area contributed by atoms with E-state index in [9.17, 15) is 0 Å². The van der Waals surface area contributed by atoms with Crippen LogP contribution in [0, 0.1) is 5.92 Å². The SMILES string of the molecule is Brc1ccc(/C=C(/CNC2CC2)C2CCCCC2)nc1. The van der Waals surface area contributed by atoms with Crippen LogP contribution in [-0.4, -0.2) is 17.6 Å². The lowest BCUT2D eigenvalue weighted by molar-refractivity contribution is 0.396. The molecule has 2 nitrogen and oxygen atoms in total. The number of nitrogens with one attached hydrogen (secondary N) is 1. The largest absolute Gasteiger partial charge is 0.310 e. The van der Waals surface area contributed by atoms with Gasteiger partial charge in [-0.3, -0.25) is 4.98 Å². The zero-order valence-electron chi connectivity index (χ0n) is 11.9. The number of aromatic nitrogens is 1. The molecular weight excluding hydrogens is 312 g/mol. The van der Waals surface area contributed by atoms with E-state index in [4.69, 9.17) is 0 Å². The first kappa shape index (κ1) is 14.3. The van der Waals surface area contributed by atoms with Crippen molar-refractivity contribution in [2.45, 2.75) is 51.0 Å². The maximum Gasteiger partial charge on any atom is 0.0630 e. The van der Waals surface area contributed by atoms with E-state index in [-0.39, 0.29) is 0 Å². The van der Waals surface area contributed by atoms with Crippen molar-refractivity contribution in [2.75, 3.05) is 6.54 Å². The highest BCUT2D eigenvalue weighted by molar-refractivity contribution is 9.10. The lowest BCUT2D eigenvalue weighted by Crippen LogP contribution is -2.24. The highest BCUT2D eigenvalue weighted by atomic mass is 79.9. The summed E-state index contributed by atoms with van der Waals surface area (Å²) in [7, 11) is 0. The van der Waals surface area contributed by atoms with Crippen LogP contribution >= 0.6 is 15.9 Å². The Labute approximate surface area is 130 Å². The number of hydrogen-bond acceptors (Lipinski definition) is 2. The molecule has 0 amide bonds. The molecule has 0 atom stereocenters. The maximum absolute atomic E-state index is 4.50. The normalized spacial score (nSPS) is 21.1. The highest BCUT2D eigenvalue weighted by Gasteiger charge is 2.23. The first-order chi connectivity index (χ1) is 9.81. The Balaban J connectivity index is 1.73. The summed E-state index contributed by atoms with van der Waals surface area (Å²) in [5.74, 6) is 0.764. The van der Waals surface area contributed by atoms with Crippen molar-refractivity contribution in [3.63, 3.8) is 0 Å². The maximum atomic E-state index is 4.50. The van der Waals surface area contributed by atoms with Gasteiger partial charge in [-0.25, -0.2) is 0 Å². The standard InChI is InChI=1S/C17H23BrN2/c18-15-6-7-17(20-12-15)10-14(11-19-16-8-9-16)13-4-2-1-3-5-13/h6-7,10,12-13,16,19H,1-5,8-9,11H2/b14-10-. The minimum atomic E-state index is 0.764. The van der Waals surface area contributed by atoms with E-state index < -0.39 is 0 Å². The number of rotatable bonds is 5. The van der Waals surface area contributed by atoms with E-state index in [2.05, 4.69) is 44.4 Å². The molecule has 3 rings (SSSR count).